The zero-order valence-electron chi connectivity index (χ0n) is 9.92. The minimum absolute atomic E-state index is 0.628. The minimum Gasteiger partial charge on any atom is -0.375 e. The quantitative estimate of drug-likeness (QED) is 0.765. The molecule has 3 aromatic rings. The molecule has 0 spiro atoms. The molecule has 0 atom stereocenters. The van der Waals surface area contributed by atoms with Gasteiger partial charge < -0.3 is 5.73 Å². The van der Waals surface area contributed by atoms with Gasteiger partial charge in [0, 0.05) is 23.7 Å². The molecule has 0 bridgehead atoms. The second-order valence-corrected chi connectivity index (χ2v) is 5.23. The Morgan fingerprint density at radius 3 is 2.67 bits per heavy atom. The summed E-state index contributed by atoms with van der Waals surface area (Å²) < 4.78 is 0. The number of thiazole rings is 1. The third kappa shape index (κ3) is 2.04. The molecule has 2 N–H and O–H groups in total. The van der Waals surface area contributed by atoms with Crippen molar-refractivity contribution in [3.05, 3.63) is 46.7 Å². The third-order valence-electron chi connectivity index (χ3n) is 2.81. The van der Waals surface area contributed by atoms with E-state index >= 15 is 0 Å². The summed E-state index contributed by atoms with van der Waals surface area (Å²) in [5.41, 5.74) is 9.76. The van der Waals surface area contributed by atoms with Crippen LogP contribution in [0.1, 0.15) is 16.1 Å². The Hall–Kier alpha value is -2.01. The van der Waals surface area contributed by atoms with Crippen molar-refractivity contribution in [1.29, 1.82) is 0 Å². The molecule has 4 nitrogen and oxygen atoms in total. The van der Waals surface area contributed by atoms with Crippen LogP contribution in [-0.4, -0.2) is 15.0 Å². The lowest BCUT2D eigenvalue weighted by atomic mass is 10.1. The molecule has 0 fully saturated rings. The topological polar surface area (TPSA) is 64.7 Å². The van der Waals surface area contributed by atoms with Crippen LogP contribution < -0.4 is 5.73 Å². The Bertz CT molecular complexity index is 705. The molecule has 3 rings (SSSR count). The number of nitrogens with zero attached hydrogens (tertiary/aromatic N) is 3. The summed E-state index contributed by atoms with van der Waals surface area (Å²) in [4.78, 5) is 14.0. The lowest BCUT2D eigenvalue weighted by Gasteiger charge is -2.01. The molecule has 0 radical (unpaired) electrons. The molecule has 0 saturated heterocycles. The summed E-state index contributed by atoms with van der Waals surface area (Å²) in [6.07, 6.45) is 4.26. The molecule has 0 aliphatic rings. The average molecular weight is 256 g/mol. The summed E-state index contributed by atoms with van der Waals surface area (Å²) >= 11 is 1.55. The molecular formula is C13H12N4S. The number of aryl methyl sites for hydroxylation is 1. The van der Waals surface area contributed by atoms with Gasteiger partial charge in [-0.1, -0.05) is 6.07 Å². The Kier molecular flexibility index (Phi) is 2.68. The molecule has 0 aliphatic carbocycles. The predicted molar refractivity (Wildman–Crippen MR) is 73.6 cm³/mol. The Morgan fingerprint density at radius 1 is 1.17 bits per heavy atom. The van der Waals surface area contributed by atoms with Gasteiger partial charge in [-0.05, 0) is 24.6 Å². The number of benzene rings is 1. The van der Waals surface area contributed by atoms with E-state index in [2.05, 4.69) is 27.1 Å². The normalized spacial score (nSPS) is 10.9. The van der Waals surface area contributed by atoms with E-state index in [1.54, 1.807) is 23.7 Å². The molecule has 2 aromatic heterocycles. The maximum atomic E-state index is 5.71. The van der Waals surface area contributed by atoms with Crippen molar-refractivity contribution in [1.82, 2.24) is 15.0 Å². The molecule has 90 valence electrons. The average Bonchev–Trinajstić information content (AvgIpc) is 2.68. The van der Waals surface area contributed by atoms with E-state index in [0.29, 0.717) is 5.13 Å². The Balaban J connectivity index is 1.97. The SMILES string of the molecule is Cc1nc(N)sc1Cc1ccc2nccnc2c1. The molecule has 0 aliphatic heterocycles. The van der Waals surface area contributed by atoms with Crippen LogP contribution in [-0.2, 0) is 6.42 Å². The number of nitrogen functional groups attached to an aromatic ring is 1. The summed E-state index contributed by atoms with van der Waals surface area (Å²) in [6.45, 7) is 1.99. The van der Waals surface area contributed by atoms with Gasteiger partial charge in [0.1, 0.15) is 0 Å². The first-order valence-corrected chi connectivity index (χ1v) is 6.45. The first kappa shape index (κ1) is 11.1. The van der Waals surface area contributed by atoms with Gasteiger partial charge in [0.05, 0.1) is 16.7 Å². The standard InChI is InChI=1S/C13H12N4S/c1-8-12(18-13(14)17-8)7-9-2-3-10-11(6-9)16-5-4-15-10/h2-6H,7H2,1H3,(H2,14,17). The van der Waals surface area contributed by atoms with Crippen molar-refractivity contribution in [2.45, 2.75) is 13.3 Å². The van der Waals surface area contributed by atoms with Crippen molar-refractivity contribution in [2.75, 3.05) is 5.73 Å². The van der Waals surface area contributed by atoms with Crippen molar-refractivity contribution in [3.8, 4) is 0 Å². The van der Waals surface area contributed by atoms with Gasteiger partial charge in [-0.15, -0.1) is 11.3 Å². The fourth-order valence-corrected chi connectivity index (χ4v) is 2.79. The van der Waals surface area contributed by atoms with Crippen LogP contribution in [0.4, 0.5) is 5.13 Å². The van der Waals surface area contributed by atoms with Crippen LogP contribution in [0.25, 0.3) is 11.0 Å². The smallest absolute Gasteiger partial charge is 0.180 e. The van der Waals surface area contributed by atoms with Crippen LogP contribution in [0.15, 0.2) is 30.6 Å². The lowest BCUT2D eigenvalue weighted by Crippen LogP contribution is -1.90. The van der Waals surface area contributed by atoms with E-state index in [4.69, 9.17) is 5.73 Å². The summed E-state index contributed by atoms with van der Waals surface area (Å²) in [6, 6.07) is 6.14. The summed E-state index contributed by atoms with van der Waals surface area (Å²) in [5.74, 6) is 0. The number of fused-ring (bicyclic) bond motifs is 1. The van der Waals surface area contributed by atoms with E-state index < -0.39 is 0 Å². The van der Waals surface area contributed by atoms with Crippen molar-refractivity contribution in [3.63, 3.8) is 0 Å². The molecule has 0 saturated carbocycles. The number of anilines is 1. The zero-order chi connectivity index (χ0) is 12.5. The van der Waals surface area contributed by atoms with Crippen LogP contribution in [0.5, 0.6) is 0 Å². The van der Waals surface area contributed by atoms with Gasteiger partial charge in [0.15, 0.2) is 5.13 Å². The van der Waals surface area contributed by atoms with Crippen molar-refractivity contribution in [2.24, 2.45) is 0 Å². The van der Waals surface area contributed by atoms with Gasteiger partial charge in [-0.25, -0.2) is 4.98 Å². The highest BCUT2D eigenvalue weighted by molar-refractivity contribution is 7.15. The van der Waals surface area contributed by atoms with E-state index in [-0.39, 0.29) is 0 Å². The van der Waals surface area contributed by atoms with Gasteiger partial charge in [0.2, 0.25) is 0 Å². The monoisotopic (exact) mass is 256 g/mol. The third-order valence-corrected chi connectivity index (χ3v) is 3.79. The van der Waals surface area contributed by atoms with Crippen molar-refractivity contribution < 1.29 is 0 Å². The highest BCUT2D eigenvalue weighted by Crippen LogP contribution is 2.23. The number of aromatic nitrogens is 3. The molecule has 5 heteroatoms. The first-order valence-electron chi connectivity index (χ1n) is 5.64. The maximum Gasteiger partial charge on any atom is 0.180 e. The van der Waals surface area contributed by atoms with Crippen LogP contribution in [0.2, 0.25) is 0 Å². The van der Waals surface area contributed by atoms with Crippen LogP contribution in [0, 0.1) is 6.92 Å². The molecule has 18 heavy (non-hydrogen) atoms. The second-order valence-electron chi connectivity index (χ2n) is 4.12. The number of hydrogen-bond acceptors (Lipinski definition) is 5. The fraction of sp³-hybridized carbons (Fsp3) is 0.154. The number of nitrogens with two attached hydrogens (primary N) is 1. The second kappa shape index (κ2) is 4.34. The van der Waals surface area contributed by atoms with Gasteiger partial charge in [-0.2, -0.15) is 0 Å². The van der Waals surface area contributed by atoms with E-state index in [1.165, 1.54) is 10.4 Å². The first-order chi connectivity index (χ1) is 8.72. The molecule has 1 aromatic carbocycles. The molecular weight excluding hydrogens is 244 g/mol. The van der Waals surface area contributed by atoms with Crippen LogP contribution >= 0.6 is 11.3 Å². The molecule has 2 heterocycles. The molecule has 0 amide bonds. The zero-order valence-corrected chi connectivity index (χ0v) is 10.7. The Morgan fingerprint density at radius 2 is 1.94 bits per heavy atom. The highest BCUT2D eigenvalue weighted by atomic mass is 32.1. The number of hydrogen-bond donors (Lipinski definition) is 1. The molecule has 0 unspecified atom stereocenters. The minimum atomic E-state index is 0.628. The fourth-order valence-electron chi connectivity index (χ4n) is 1.92. The maximum absolute atomic E-state index is 5.71. The lowest BCUT2D eigenvalue weighted by molar-refractivity contribution is 1.15. The van der Waals surface area contributed by atoms with Gasteiger partial charge in [0.25, 0.3) is 0 Å². The summed E-state index contributed by atoms with van der Waals surface area (Å²) in [5, 5.41) is 0.628. The predicted octanol–water partition coefficient (Wildman–Crippen LogP) is 2.57. The van der Waals surface area contributed by atoms with E-state index in [0.717, 1.165) is 23.1 Å². The van der Waals surface area contributed by atoms with E-state index in [9.17, 15) is 0 Å². The van der Waals surface area contributed by atoms with Crippen molar-refractivity contribution >= 4 is 27.5 Å². The van der Waals surface area contributed by atoms with Crippen LogP contribution in [0.3, 0.4) is 0 Å². The van der Waals surface area contributed by atoms with Gasteiger partial charge in [-0.3, -0.25) is 9.97 Å². The van der Waals surface area contributed by atoms with Gasteiger partial charge >= 0.3 is 0 Å². The van der Waals surface area contributed by atoms with E-state index in [1.807, 2.05) is 13.0 Å². The summed E-state index contributed by atoms with van der Waals surface area (Å²) in [7, 11) is 0. The Labute approximate surface area is 109 Å². The number of rotatable bonds is 2. The largest absolute Gasteiger partial charge is 0.375 e. The highest BCUT2D eigenvalue weighted by Gasteiger charge is 2.07.